The summed E-state index contributed by atoms with van der Waals surface area (Å²) in [5.41, 5.74) is 4.26. The molecule has 3 nitrogen and oxygen atoms in total. The van der Waals surface area contributed by atoms with Crippen LogP contribution in [0.4, 0.5) is 0 Å². The van der Waals surface area contributed by atoms with Crippen LogP contribution in [0.2, 0.25) is 0 Å². The molecule has 0 atom stereocenters. The predicted molar refractivity (Wildman–Crippen MR) is 84.3 cm³/mol. The maximum absolute atomic E-state index is 12.3. The van der Waals surface area contributed by atoms with Gasteiger partial charge < -0.3 is 4.57 Å². The molecule has 0 aliphatic carbocycles. The number of hydrogen-bond donors (Lipinski definition) is 0. The molecular weight excluding hydrogens is 260 g/mol. The predicted octanol–water partition coefficient (Wildman–Crippen LogP) is 3.24. The monoisotopic (exact) mass is 278 g/mol. The van der Waals surface area contributed by atoms with Crippen LogP contribution in [0.5, 0.6) is 0 Å². The lowest BCUT2D eigenvalue weighted by Crippen LogP contribution is -2.10. The van der Waals surface area contributed by atoms with Crippen LogP contribution in [0.15, 0.2) is 48.5 Å². The van der Waals surface area contributed by atoms with Gasteiger partial charge in [0.1, 0.15) is 11.6 Å². The molecule has 2 aromatic carbocycles. The summed E-state index contributed by atoms with van der Waals surface area (Å²) in [6.45, 7) is 2.04. The van der Waals surface area contributed by atoms with E-state index in [0.717, 1.165) is 22.4 Å². The summed E-state index contributed by atoms with van der Waals surface area (Å²) in [4.78, 5) is 16.8. The van der Waals surface area contributed by atoms with Crippen molar-refractivity contribution in [1.82, 2.24) is 9.55 Å². The van der Waals surface area contributed by atoms with E-state index in [2.05, 4.69) is 11.1 Å². The van der Waals surface area contributed by atoms with Crippen molar-refractivity contribution < 1.29 is 4.79 Å². The van der Waals surface area contributed by atoms with Crippen LogP contribution in [0.1, 0.15) is 17.0 Å². The van der Waals surface area contributed by atoms with E-state index in [1.165, 1.54) is 5.56 Å². The zero-order valence-corrected chi connectivity index (χ0v) is 12.3. The van der Waals surface area contributed by atoms with Gasteiger partial charge in [0.05, 0.1) is 17.5 Å². The third kappa shape index (κ3) is 2.87. The first-order valence-electron chi connectivity index (χ1n) is 7.11. The van der Waals surface area contributed by atoms with Crippen LogP contribution in [0.25, 0.3) is 11.0 Å². The average Bonchev–Trinajstić information content (AvgIpc) is 2.76. The Morgan fingerprint density at radius 1 is 1.10 bits per heavy atom. The van der Waals surface area contributed by atoms with Gasteiger partial charge in [-0.1, -0.05) is 42.0 Å². The molecule has 0 N–H and O–H groups in total. The Labute approximate surface area is 124 Å². The fourth-order valence-corrected chi connectivity index (χ4v) is 2.64. The van der Waals surface area contributed by atoms with Gasteiger partial charge in [-0.2, -0.15) is 0 Å². The molecule has 0 bridgehead atoms. The summed E-state index contributed by atoms with van der Waals surface area (Å²) in [6.07, 6.45) is 0.837. The van der Waals surface area contributed by atoms with Crippen molar-refractivity contribution in [1.29, 1.82) is 0 Å². The molecule has 0 fully saturated rings. The van der Waals surface area contributed by atoms with Crippen LogP contribution in [-0.2, 0) is 24.7 Å². The highest BCUT2D eigenvalue weighted by molar-refractivity contribution is 5.84. The number of Topliss-reactive ketones (excluding diaryl/α,β-unsaturated/α-hetero) is 1. The summed E-state index contributed by atoms with van der Waals surface area (Å²) in [5.74, 6) is 1.02. The normalized spacial score (nSPS) is 11.0. The summed E-state index contributed by atoms with van der Waals surface area (Å²) >= 11 is 0. The molecule has 3 heteroatoms. The highest BCUT2D eigenvalue weighted by Gasteiger charge is 2.12. The van der Waals surface area contributed by atoms with Gasteiger partial charge >= 0.3 is 0 Å². The van der Waals surface area contributed by atoms with E-state index in [4.69, 9.17) is 0 Å². The van der Waals surface area contributed by atoms with Crippen molar-refractivity contribution in [3.05, 3.63) is 65.5 Å². The number of aryl methyl sites for hydroxylation is 2. The molecule has 1 aromatic heterocycles. The number of hydrogen-bond acceptors (Lipinski definition) is 2. The van der Waals surface area contributed by atoms with Crippen LogP contribution in [0.3, 0.4) is 0 Å². The van der Waals surface area contributed by atoms with Crippen molar-refractivity contribution in [3.8, 4) is 0 Å². The first kappa shape index (κ1) is 13.6. The minimum atomic E-state index is 0.194. The van der Waals surface area contributed by atoms with E-state index in [0.29, 0.717) is 12.8 Å². The minimum Gasteiger partial charge on any atom is -0.331 e. The van der Waals surface area contributed by atoms with E-state index in [-0.39, 0.29) is 5.78 Å². The molecule has 0 saturated carbocycles. The zero-order chi connectivity index (χ0) is 14.8. The van der Waals surface area contributed by atoms with Crippen LogP contribution < -0.4 is 0 Å². The fourth-order valence-electron chi connectivity index (χ4n) is 2.64. The molecule has 106 valence electrons. The van der Waals surface area contributed by atoms with Crippen molar-refractivity contribution >= 4 is 16.8 Å². The zero-order valence-electron chi connectivity index (χ0n) is 12.3. The average molecular weight is 278 g/mol. The maximum atomic E-state index is 12.3. The molecule has 0 spiro atoms. The smallest absolute Gasteiger partial charge is 0.144 e. The van der Waals surface area contributed by atoms with Crippen LogP contribution in [0, 0.1) is 6.92 Å². The summed E-state index contributed by atoms with van der Waals surface area (Å²) in [7, 11) is 1.96. The van der Waals surface area contributed by atoms with Gasteiger partial charge in [0.25, 0.3) is 0 Å². The Kier molecular flexibility index (Phi) is 3.57. The van der Waals surface area contributed by atoms with Gasteiger partial charge in [-0.05, 0) is 24.6 Å². The number of rotatable bonds is 4. The molecule has 0 unspecified atom stereocenters. The molecular formula is C18H18N2O. The molecule has 3 rings (SSSR count). The number of para-hydroxylation sites is 2. The number of benzene rings is 2. The van der Waals surface area contributed by atoms with Crippen molar-refractivity contribution in [2.24, 2.45) is 7.05 Å². The van der Waals surface area contributed by atoms with Crippen LogP contribution in [-0.4, -0.2) is 15.3 Å². The molecule has 0 saturated heterocycles. The van der Waals surface area contributed by atoms with Crippen molar-refractivity contribution in [2.75, 3.05) is 0 Å². The Balaban J connectivity index is 1.79. The second kappa shape index (κ2) is 5.52. The van der Waals surface area contributed by atoms with Gasteiger partial charge in [0, 0.05) is 13.5 Å². The highest BCUT2D eigenvalue weighted by Crippen LogP contribution is 2.15. The Morgan fingerprint density at radius 2 is 1.90 bits per heavy atom. The third-order valence-electron chi connectivity index (χ3n) is 3.72. The van der Waals surface area contributed by atoms with Crippen molar-refractivity contribution in [2.45, 2.75) is 19.8 Å². The number of aromatic nitrogens is 2. The Morgan fingerprint density at radius 3 is 2.67 bits per heavy atom. The van der Waals surface area contributed by atoms with Crippen molar-refractivity contribution in [3.63, 3.8) is 0 Å². The number of ketones is 1. The second-order valence-corrected chi connectivity index (χ2v) is 5.46. The number of nitrogens with zero attached hydrogens (tertiary/aromatic N) is 2. The second-order valence-electron chi connectivity index (χ2n) is 5.46. The summed E-state index contributed by atoms with van der Waals surface area (Å²) in [5, 5.41) is 0. The van der Waals surface area contributed by atoms with Gasteiger partial charge in [-0.25, -0.2) is 4.98 Å². The van der Waals surface area contributed by atoms with Gasteiger partial charge in [0.15, 0.2) is 0 Å². The lowest BCUT2D eigenvalue weighted by molar-refractivity contribution is -0.117. The number of carbonyl (C=O) groups is 1. The molecule has 3 aromatic rings. The fraction of sp³-hybridized carbons (Fsp3) is 0.222. The lowest BCUT2D eigenvalue weighted by Gasteiger charge is -2.03. The lowest BCUT2D eigenvalue weighted by atomic mass is 10.0. The maximum Gasteiger partial charge on any atom is 0.144 e. The molecule has 0 amide bonds. The van der Waals surface area contributed by atoms with E-state index in [9.17, 15) is 4.79 Å². The molecule has 21 heavy (non-hydrogen) atoms. The van der Waals surface area contributed by atoms with Gasteiger partial charge in [0.2, 0.25) is 0 Å². The molecule has 0 aliphatic rings. The minimum absolute atomic E-state index is 0.194. The van der Waals surface area contributed by atoms with Gasteiger partial charge in [-0.15, -0.1) is 0 Å². The molecule has 0 aliphatic heterocycles. The first-order chi connectivity index (χ1) is 10.1. The quantitative estimate of drug-likeness (QED) is 0.734. The van der Waals surface area contributed by atoms with E-state index < -0.39 is 0 Å². The number of carbonyl (C=O) groups excluding carboxylic acids is 1. The first-order valence-corrected chi connectivity index (χ1v) is 7.11. The summed E-state index contributed by atoms with van der Waals surface area (Å²) in [6, 6.07) is 16.1. The number of imidazole rings is 1. The standard InChI is InChI=1S/C18H18N2O/c1-13-6-5-7-14(10-13)11-15(21)12-18-19-16-8-3-4-9-17(16)20(18)2/h3-10H,11-12H2,1-2H3. The third-order valence-corrected chi connectivity index (χ3v) is 3.72. The van der Waals surface area contributed by atoms with E-state index in [1.54, 1.807) is 0 Å². The SMILES string of the molecule is Cc1cccc(CC(=O)Cc2nc3ccccc3n2C)c1. The molecule has 1 heterocycles. The van der Waals surface area contributed by atoms with E-state index >= 15 is 0 Å². The largest absolute Gasteiger partial charge is 0.331 e. The van der Waals surface area contributed by atoms with Crippen LogP contribution >= 0.6 is 0 Å². The summed E-state index contributed by atoms with van der Waals surface area (Å²) < 4.78 is 2.00. The molecule has 0 radical (unpaired) electrons. The van der Waals surface area contributed by atoms with E-state index in [1.807, 2.05) is 61.0 Å². The Bertz CT molecular complexity index is 802. The highest BCUT2D eigenvalue weighted by atomic mass is 16.1. The number of fused-ring (bicyclic) bond motifs is 1. The Hall–Kier alpha value is -2.42. The topological polar surface area (TPSA) is 34.9 Å². The van der Waals surface area contributed by atoms with Gasteiger partial charge in [-0.3, -0.25) is 4.79 Å².